The molecule has 1 unspecified atom stereocenters. The summed E-state index contributed by atoms with van der Waals surface area (Å²) in [6.45, 7) is 3.59. The summed E-state index contributed by atoms with van der Waals surface area (Å²) in [5.41, 5.74) is 0. The van der Waals surface area contributed by atoms with Gasteiger partial charge in [0.2, 0.25) is 5.91 Å². The number of amides is 2. The maximum absolute atomic E-state index is 11.9. The van der Waals surface area contributed by atoms with Crippen molar-refractivity contribution >= 4 is 17.8 Å². The third kappa shape index (κ3) is 4.75. The molecule has 0 fully saturated rings. The minimum Gasteiger partial charge on any atom is -0.481 e. The second kappa shape index (κ2) is 7.32. The summed E-state index contributed by atoms with van der Waals surface area (Å²) in [7, 11) is 0. The first-order valence-electron chi connectivity index (χ1n) is 6.25. The van der Waals surface area contributed by atoms with Crippen molar-refractivity contribution in [1.29, 1.82) is 0 Å². The lowest BCUT2D eigenvalue weighted by atomic mass is 10.0. The minimum absolute atomic E-state index is 0.0218. The molecule has 0 aliphatic carbocycles. The van der Waals surface area contributed by atoms with Gasteiger partial charge in [-0.1, -0.05) is 13.8 Å². The van der Waals surface area contributed by atoms with E-state index in [4.69, 9.17) is 9.52 Å². The van der Waals surface area contributed by atoms with E-state index in [1.807, 2.05) is 0 Å². The fourth-order valence-electron chi connectivity index (χ4n) is 1.56. The molecule has 2 amide bonds. The van der Waals surface area contributed by atoms with Crippen molar-refractivity contribution in [3.05, 3.63) is 24.2 Å². The molecule has 0 aliphatic heterocycles. The molecule has 1 aromatic rings. The van der Waals surface area contributed by atoms with Gasteiger partial charge in [0.1, 0.15) is 6.04 Å². The monoisotopic (exact) mass is 282 g/mol. The fourth-order valence-corrected chi connectivity index (χ4v) is 1.56. The van der Waals surface area contributed by atoms with Gasteiger partial charge >= 0.3 is 5.97 Å². The zero-order valence-electron chi connectivity index (χ0n) is 11.4. The number of carbonyl (C=O) groups excluding carboxylic acids is 2. The summed E-state index contributed by atoms with van der Waals surface area (Å²) in [4.78, 5) is 34.1. The van der Waals surface area contributed by atoms with Crippen LogP contribution in [0.25, 0.3) is 0 Å². The summed E-state index contributed by atoms with van der Waals surface area (Å²) < 4.78 is 4.95. The zero-order chi connectivity index (χ0) is 15.1. The summed E-state index contributed by atoms with van der Waals surface area (Å²) in [6.07, 6.45) is 1.20. The molecule has 1 rings (SSSR count). The average Bonchev–Trinajstić information content (AvgIpc) is 2.88. The average molecular weight is 282 g/mol. The van der Waals surface area contributed by atoms with Crippen LogP contribution in [0.2, 0.25) is 0 Å². The smallest absolute Gasteiger partial charge is 0.305 e. The van der Waals surface area contributed by atoms with E-state index in [1.165, 1.54) is 12.3 Å². The van der Waals surface area contributed by atoms with E-state index < -0.39 is 23.8 Å². The first kappa shape index (κ1) is 15.7. The Labute approximate surface area is 116 Å². The second-order valence-corrected chi connectivity index (χ2v) is 4.61. The Hall–Kier alpha value is -2.31. The number of furan rings is 1. The Morgan fingerprint density at radius 3 is 2.55 bits per heavy atom. The molecule has 110 valence electrons. The van der Waals surface area contributed by atoms with Gasteiger partial charge < -0.3 is 20.2 Å². The molecule has 0 saturated carbocycles. The van der Waals surface area contributed by atoms with Crippen LogP contribution in [0.3, 0.4) is 0 Å². The van der Waals surface area contributed by atoms with Gasteiger partial charge in [0.25, 0.3) is 5.91 Å². The predicted molar refractivity (Wildman–Crippen MR) is 70.1 cm³/mol. The highest BCUT2D eigenvalue weighted by Gasteiger charge is 2.25. The van der Waals surface area contributed by atoms with Crippen LogP contribution in [-0.4, -0.2) is 35.5 Å². The van der Waals surface area contributed by atoms with Gasteiger partial charge in [-0.25, -0.2) is 0 Å². The SMILES string of the molecule is CC(C)C(NC(=O)c1ccco1)C(=O)NCCC(=O)O. The van der Waals surface area contributed by atoms with Gasteiger partial charge in [0, 0.05) is 6.54 Å². The van der Waals surface area contributed by atoms with Gasteiger partial charge in [-0.3, -0.25) is 14.4 Å². The first-order chi connectivity index (χ1) is 9.41. The molecule has 0 aliphatic rings. The van der Waals surface area contributed by atoms with Crippen molar-refractivity contribution in [1.82, 2.24) is 10.6 Å². The van der Waals surface area contributed by atoms with Crippen LogP contribution in [0.15, 0.2) is 22.8 Å². The molecule has 20 heavy (non-hydrogen) atoms. The highest BCUT2D eigenvalue weighted by molar-refractivity contribution is 5.95. The highest BCUT2D eigenvalue weighted by atomic mass is 16.4. The van der Waals surface area contributed by atoms with Crippen molar-refractivity contribution in [3.8, 4) is 0 Å². The van der Waals surface area contributed by atoms with Crippen LogP contribution in [0.1, 0.15) is 30.8 Å². The van der Waals surface area contributed by atoms with Crippen LogP contribution < -0.4 is 10.6 Å². The largest absolute Gasteiger partial charge is 0.481 e. The van der Waals surface area contributed by atoms with Gasteiger partial charge in [-0.05, 0) is 18.1 Å². The molecular weight excluding hydrogens is 264 g/mol. The van der Waals surface area contributed by atoms with Crippen LogP contribution >= 0.6 is 0 Å². The van der Waals surface area contributed by atoms with E-state index in [-0.39, 0.29) is 24.6 Å². The third-order valence-corrected chi connectivity index (χ3v) is 2.62. The summed E-state index contributed by atoms with van der Waals surface area (Å²) >= 11 is 0. The molecule has 1 heterocycles. The van der Waals surface area contributed by atoms with Crippen molar-refractivity contribution in [3.63, 3.8) is 0 Å². The van der Waals surface area contributed by atoms with Gasteiger partial charge in [0.15, 0.2) is 5.76 Å². The molecule has 0 aromatic carbocycles. The number of carboxylic acid groups (broad SMARTS) is 1. The van der Waals surface area contributed by atoms with Crippen molar-refractivity contribution < 1.29 is 23.9 Å². The maximum atomic E-state index is 11.9. The number of hydrogen-bond acceptors (Lipinski definition) is 4. The van der Waals surface area contributed by atoms with E-state index in [9.17, 15) is 14.4 Å². The summed E-state index contributed by atoms with van der Waals surface area (Å²) in [5, 5.41) is 13.6. The molecular formula is C13H18N2O5. The number of aliphatic carboxylic acids is 1. The molecule has 7 nitrogen and oxygen atoms in total. The van der Waals surface area contributed by atoms with Crippen LogP contribution in [-0.2, 0) is 9.59 Å². The van der Waals surface area contributed by atoms with E-state index >= 15 is 0 Å². The second-order valence-electron chi connectivity index (χ2n) is 4.61. The lowest BCUT2D eigenvalue weighted by Gasteiger charge is -2.21. The highest BCUT2D eigenvalue weighted by Crippen LogP contribution is 2.05. The molecule has 3 N–H and O–H groups in total. The lowest BCUT2D eigenvalue weighted by Crippen LogP contribution is -2.50. The van der Waals surface area contributed by atoms with E-state index in [1.54, 1.807) is 19.9 Å². The Kier molecular flexibility index (Phi) is 5.76. The molecule has 1 aromatic heterocycles. The van der Waals surface area contributed by atoms with E-state index in [2.05, 4.69) is 10.6 Å². The molecule has 0 bridgehead atoms. The first-order valence-corrected chi connectivity index (χ1v) is 6.25. The van der Waals surface area contributed by atoms with Crippen molar-refractivity contribution in [2.24, 2.45) is 5.92 Å². The Morgan fingerprint density at radius 1 is 1.35 bits per heavy atom. The molecule has 0 radical (unpaired) electrons. The molecule has 0 spiro atoms. The Balaban J connectivity index is 2.57. The number of rotatable bonds is 7. The van der Waals surface area contributed by atoms with E-state index in [0.29, 0.717) is 0 Å². The van der Waals surface area contributed by atoms with E-state index in [0.717, 1.165) is 0 Å². The molecule has 0 saturated heterocycles. The number of hydrogen-bond donors (Lipinski definition) is 3. The van der Waals surface area contributed by atoms with Crippen LogP contribution in [0, 0.1) is 5.92 Å². The van der Waals surface area contributed by atoms with Crippen molar-refractivity contribution in [2.75, 3.05) is 6.54 Å². The number of carboxylic acids is 1. The zero-order valence-corrected chi connectivity index (χ0v) is 11.4. The quantitative estimate of drug-likeness (QED) is 0.679. The number of nitrogens with one attached hydrogen (secondary N) is 2. The van der Waals surface area contributed by atoms with Gasteiger partial charge in [-0.2, -0.15) is 0 Å². The normalized spacial score (nSPS) is 11.9. The fraction of sp³-hybridized carbons (Fsp3) is 0.462. The predicted octanol–water partition coefficient (Wildman–Crippen LogP) is 0.625. The minimum atomic E-state index is -0.994. The van der Waals surface area contributed by atoms with Gasteiger partial charge in [-0.15, -0.1) is 0 Å². The lowest BCUT2D eigenvalue weighted by molar-refractivity contribution is -0.137. The standard InChI is InChI=1S/C13H18N2O5/c1-8(2)11(13(19)14-6-5-10(16)17)15-12(18)9-4-3-7-20-9/h3-4,7-8,11H,5-6H2,1-2H3,(H,14,19)(H,15,18)(H,16,17). The topological polar surface area (TPSA) is 109 Å². The summed E-state index contributed by atoms with van der Waals surface area (Å²) in [5.74, 6) is -1.91. The molecule has 1 atom stereocenters. The van der Waals surface area contributed by atoms with Gasteiger partial charge in [0.05, 0.1) is 12.7 Å². The Morgan fingerprint density at radius 2 is 2.05 bits per heavy atom. The van der Waals surface area contributed by atoms with Crippen molar-refractivity contribution in [2.45, 2.75) is 26.3 Å². The number of carbonyl (C=O) groups is 3. The van der Waals surface area contributed by atoms with Crippen LogP contribution in [0.4, 0.5) is 0 Å². The van der Waals surface area contributed by atoms with Crippen LogP contribution in [0.5, 0.6) is 0 Å². The third-order valence-electron chi connectivity index (χ3n) is 2.62. The Bertz CT molecular complexity index is 467. The molecule has 7 heteroatoms. The maximum Gasteiger partial charge on any atom is 0.305 e. The summed E-state index contributed by atoms with van der Waals surface area (Å²) in [6, 6.07) is 2.32.